The van der Waals surface area contributed by atoms with Gasteiger partial charge in [-0.1, -0.05) is 0 Å². The lowest BCUT2D eigenvalue weighted by atomic mass is 10.1. The van der Waals surface area contributed by atoms with Gasteiger partial charge in [0, 0.05) is 19.2 Å². The first kappa shape index (κ1) is 14.3. The summed E-state index contributed by atoms with van der Waals surface area (Å²) in [5.74, 6) is -0.384. The van der Waals surface area contributed by atoms with E-state index in [1.165, 1.54) is 6.07 Å². The number of nitrogens with two attached hydrogens (primary N) is 1. The first-order valence-electron chi connectivity index (χ1n) is 5.46. The van der Waals surface area contributed by atoms with Crippen LogP contribution in [0.25, 0.3) is 0 Å². The molecule has 0 heterocycles. The number of rotatable bonds is 4. The van der Waals surface area contributed by atoms with Gasteiger partial charge >= 0.3 is 0 Å². The van der Waals surface area contributed by atoms with Crippen LogP contribution in [0.3, 0.4) is 0 Å². The van der Waals surface area contributed by atoms with Gasteiger partial charge in [0.2, 0.25) is 0 Å². The molecule has 0 unspecified atom stereocenters. The zero-order valence-electron chi connectivity index (χ0n) is 10.3. The van der Waals surface area contributed by atoms with Crippen molar-refractivity contribution in [2.24, 2.45) is 0 Å². The molecule has 0 spiro atoms. The Kier molecular flexibility index (Phi) is 4.38. The molecule has 3 N–H and O–H groups in total. The molecule has 0 radical (unpaired) electrons. The zero-order chi connectivity index (χ0) is 13.2. The molecule has 0 fully saturated rings. The summed E-state index contributed by atoms with van der Waals surface area (Å²) in [6, 6.07) is 2.92. The summed E-state index contributed by atoms with van der Waals surface area (Å²) in [5, 5.41) is 9.83. The largest absolute Gasteiger partial charge is 0.397 e. The van der Waals surface area contributed by atoms with Crippen LogP contribution in [0.5, 0.6) is 0 Å². The van der Waals surface area contributed by atoms with Gasteiger partial charge in [-0.25, -0.2) is 4.39 Å². The van der Waals surface area contributed by atoms with Crippen molar-refractivity contribution in [1.82, 2.24) is 0 Å². The number of benzene rings is 1. The molecule has 96 valence electrons. The smallest absolute Gasteiger partial charge is 0.139 e. The second kappa shape index (κ2) is 5.23. The lowest BCUT2D eigenvalue weighted by Gasteiger charge is -2.31. The minimum atomic E-state index is -0.830. The standard InChI is InChI=1S/C12H18BrFN2O/c1-4-16(7-12(2,3)17)11-5-8(13)9(14)6-10(11)15/h5-6,17H,4,7,15H2,1-3H3. The van der Waals surface area contributed by atoms with Crippen molar-refractivity contribution in [3.05, 3.63) is 22.4 Å². The van der Waals surface area contributed by atoms with Gasteiger partial charge in [-0.3, -0.25) is 0 Å². The highest BCUT2D eigenvalue weighted by molar-refractivity contribution is 9.10. The summed E-state index contributed by atoms with van der Waals surface area (Å²) in [4.78, 5) is 1.92. The zero-order valence-corrected chi connectivity index (χ0v) is 11.9. The maximum Gasteiger partial charge on any atom is 0.139 e. The van der Waals surface area contributed by atoms with Crippen molar-refractivity contribution in [2.75, 3.05) is 23.7 Å². The quantitative estimate of drug-likeness (QED) is 0.841. The van der Waals surface area contributed by atoms with Crippen molar-refractivity contribution in [3.63, 3.8) is 0 Å². The van der Waals surface area contributed by atoms with E-state index in [4.69, 9.17) is 5.73 Å². The van der Waals surface area contributed by atoms with E-state index in [2.05, 4.69) is 15.9 Å². The number of hydrogen-bond acceptors (Lipinski definition) is 3. The van der Waals surface area contributed by atoms with Gasteiger partial charge in [-0.05, 0) is 42.8 Å². The number of nitrogen functional groups attached to an aromatic ring is 1. The van der Waals surface area contributed by atoms with Crippen LogP contribution in [0.1, 0.15) is 20.8 Å². The van der Waals surface area contributed by atoms with Gasteiger partial charge in [0.1, 0.15) is 5.82 Å². The van der Waals surface area contributed by atoms with Gasteiger partial charge in [0.25, 0.3) is 0 Å². The molecule has 0 atom stereocenters. The molecule has 0 aromatic heterocycles. The molecular weight excluding hydrogens is 287 g/mol. The van der Waals surface area contributed by atoms with Crippen LogP contribution < -0.4 is 10.6 Å². The van der Waals surface area contributed by atoms with E-state index in [0.717, 1.165) is 5.69 Å². The SMILES string of the molecule is CCN(CC(C)(C)O)c1cc(Br)c(F)cc1N. The molecule has 0 amide bonds. The Hall–Kier alpha value is -0.810. The van der Waals surface area contributed by atoms with Crippen molar-refractivity contribution in [2.45, 2.75) is 26.4 Å². The van der Waals surface area contributed by atoms with Crippen LogP contribution in [0.15, 0.2) is 16.6 Å². The molecule has 0 aliphatic heterocycles. The van der Waals surface area contributed by atoms with Gasteiger partial charge in [-0.15, -0.1) is 0 Å². The van der Waals surface area contributed by atoms with Crippen molar-refractivity contribution < 1.29 is 9.50 Å². The number of aliphatic hydroxyl groups is 1. The third-order valence-electron chi connectivity index (χ3n) is 2.37. The lowest BCUT2D eigenvalue weighted by Crippen LogP contribution is -2.39. The third-order valence-corrected chi connectivity index (χ3v) is 2.98. The fourth-order valence-electron chi connectivity index (χ4n) is 1.66. The van der Waals surface area contributed by atoms with E-state index in [0.29, 0.717) is 23.2 Å². The fourth-order valence-corrected chi connectivity index (χ4v) is 1.99. The van der Waals surface area contributed by atoms with E-state index in [-0.39, 0.29) is 5.82 Å². The molecule has 1 rings (SSSR count). The number of hydrogen-bond donors (Lipinski definition) is 2. The van der Waals surface area contributed by atoms with E-state index in [1.54, 1.807) is 19.9 Å². The maximum atomic E-state index is 13.3. The first-order valence-corrected chi connectivity index (χ1v) is 6.25. The second-order valence-corrected chi connectivity index (χ2v) is 5.51. The monoisotopic (exact) mass is 304 g/mol. The Morgan fingerprint density at radius 3 is 2.53 bits per heavy atom. The molecule has 0 aliphatic rings. The Labute approximate surface area is 110 Å². The fraction of sp³-hybridized carbons (Fsp3) is 0.500. The molecule has 5 heteroatoms. The van der Waals surface area contributed by atoms with Crippen LogP contribution in [0, 0.1) is 5.82 Å². The molecule has 0 saturated carbocycles. The van der Waals surface area contributed by atoms with Crippen LogP contribution in [0.4, 0.5) is 15.8 Å². The number of halogens is 2. The van der Waals surface area contributed by atoms with Crippen molar-refractivity contribution in [3.8, 4) is 0 Å². The average molecular weight is 305 g/mol. The normalized spacial score (nSPS) is 11.6. The molecule has 0 saturated heterocycles. The summed E-state index contributed by atoms with van der Waals surface area (Å²) < 4.78 is 13.6. The van der Waals surface area contributed by atoms with E-state index < -0.39 is 5.60 Å². The minimum Gasteiger partial charge on any atom is -0.397 e. The minimum absolute atomic E-state index is 0.371. The molecule has 0 aliphatic carbocycles. The van der Waals surface area contributed by atoms with E-state index >= 15 is 0 Å². The summed E-state index contributed by atoms with van der Waals surface area (Å²) in [6.07, 6.45) is 0. The van der Waals surface area contributed by atoms with Gasteiger partial charge in [0.05, 0.1) is 21.4 Å². The van der Waals surface area contributed by atoms with Crippen molar-refractivity contribution >= 4 is 27.3 Å². The Bertz CT molecular complexity index is 404. The summed E-state index contributed by atoms with van der Waals surface area (Å²) in [6.45, 7) is 6.54. The highest BCUT2D eigenvalue weighted by Crippen LogP contribution is 2.30. The van der Waals surface area contributed by atoms with Crippen LogP contribution in [-0.2, 0) is 0 Å². The predicted molar refractivity (Wildman–Crippen MR) is 72.7 cm³/mol. The molecule has 3 nitrogen and oxygen atoms in total. The number of nitrogens with zero attached hydrogens (tertiary/aromatic N) is 1. The lowest BCUT2D eigenvalue weighted by molar-refractivity contribution is 0.0876. The van der Waals surface area contributed by atoms with Gasteiger partial charge in [0.15, 0.2) is 0 Å². The van der Waals surface area contributed by atoms with Crippen LogP contribution in [0.2, 0.25) is 0 Å². The topological polar surface area (TPSA) is 49.5 Å². The number of likely N-dealkylation sites (N-methyl/N-ethyl adjacent to an activating group) is 1. The maximum absolute atomic E-state index is 13.3. The molecular formula is C12H18BrFN2O. The molecule has 1 aromatic rings. The summed E-state index contributed by atoms with van der Waals surface area (Å²) >= 11 is 3.14. The second-order valence-electron chi connectivity index (χ2n) is 4.65. The van der Waals surface area contributed by atoms with Gasteiger partial charge in [-0.2, -0.15) is 0 Å². The van der Waals surface area contributed by atoms with Crippen LogP contribution in [-0.4, -0.2) is 23.8 Å². The summed E-state index contributed by atoms with van der Waals surface area (Å²) in [7, 11) is 0. The van der Waals surface area contributed by atoms with Crippen molar-refractivity contribution in [1.29, 1.82) is 0 Å². The Balaban J connectivity index is 3.08. The summed E-state index contributed by atoms with van der Waals surface area (Å²) in [5.41, 5.74) is 6.07. The highest BCUT2D eigenvalue weighted by Gasteiger charge is 2.20. The van der Waals surface area contributed by atoms with E-state index in [9.17, 15) is 9.50 Å². The van der Waals surface area contributed by atoms with Gasteiger partial charge < -0.3 is 15.7 Å². The average Bonchev–Trinajstić information content (AvgIpc) is 2.19. The molecule has 1 aromatic carbocycles. The molecule has 0 bridgehead atoms. The highest BCUT2D eigenvalue weighted by atomic mass is 79.9. The van der Waals surface area contributed by atoms with E-state index in [1.807, 2.05) is 11.8 Å². The number of anilines is 2. The predicted octanol–water partition coefficient (Wildman–Crippen LogP) is 2.77. The Morgan fingerprint density at radius 1 is 1.47 bits per heavy atom. The Morgan fingerprint density at radius 2 is 2.06 bits per heavy atom. The third kappa shape index (κ3) is 3.85. The molecule has 17 heavy (non-hydrogen) atoms. The first-order chi connectivity index (χ1) is 7.74. The van der Waals surface area contributed by atoms with Crippen LogP contribution >= 0.6 is 15.9 Å².